The largest absolute Gasteiger partial charge is 0.409 e. The first kappa shape index (κ1) is 14.3. The molecule has 1 rings (SSSR count). The van der Waals surface area contributed by atoms with Gasteiger partial charge in [-0.05, 0) is 13.0 Å². The zero-order valence-electron chi connectivity index (χ0n) is 9.78. The zero-order chi connectivity index (χ0) is 13.9. The standard InChI is InChI=1S/C9H13FN4O3S/c1-6(9(11)13-15)14(2)18(16,17)8-3-7(10)4-12-5-8/h3-6,15H,1-2H3,(H2,11,13). The van der Waals surface area contributed by atoms with Gasteiger partial charge in [-0.3, -0.25) is 4.98 Å². The lowest BCUT2D eigenvalue weighted by atomic mass is 10.3. The Bertz CT molecular complexity index is 561. The van der Waals surface area contributed by atoms with Crippen LogP contribution in [0, 0.1) is 5.82 Å². The molecule has 1 heterocycles. The summed E-state index contributed by atoms with van der Waals surface area (Å²) >= 11 is 0. The third-order valence-electron chi connectivity index (χ3n) is 2.45. The number of rotatable bonds is 4. The maximum atomic E-state index is 13.0. The molecular formula is C9H13FN4O3S. The Labute approximate surface area is 104 Å². The Balaban J connectivity index is 3.15. The first-order valence-corrected chi connectivity index (χ1v) is 6.30. The number of likely N-dealkylation sites (N-methyl/N-ethyl adjacent to an activating group) is 1. The summed E-state index contributed by atoms with van der Waals surface area (Å²) in [6.45, 7) is 1.43. The SMILES string of the molecule is CC(C(N)=NO)N(C)S(=O)(=O)c1cncc(F)c1. The molecule has 0 fully saturated rings. The molecule has 0 spiro atoms. The van der Waals surface area contributed by atoms with Gasteiger partial charge in [-0.15, -0.1) is 0 Å². The van der Waals surface area contributed by atoms with Gasteiger partial charge in [0.1, 0.15) is 10.7 Å². The highest BCUT2D eigenvalue weighted by molar-refractivity contribution is 7.89. The minimum atomic E-state index is -3.96. The first-order valence-electron chi connectivity index (χ1n) is 4.86. The van der Waals surface area contributed by atoms with Crippen LogP contribution in [0.2, 0.25) is 0 Å². The lowest BCUT2D eigenvalue weighted by molar-refractivity contribution is 0.311. The highest BCUT2D eigenvalue weighted by Crippen LogP contribution is 2.16. The van der Waals surface area contributed by atoms with E-state index in [4.69, 9.17) is 10.9 Å². The fourth-order valence-electron chi connectivity index (χ4n) is 1.18. The number of nitrogens with two attached hydrogens (primary N) is 1. The highest BCUT2D eigenvalue weighted by atomic mass is 32.2. The zero-order valence-corrected chi connectivity index (χ0v) is 10.6. The molecule has 0 aliphatic carbocycles. The minimum absolute atomic E-state index is 0.273. The molecule has 0 aromatic carbocycles. The van der Waals surface area contributed by atoms with Crippen molar-refractivity contribution in [3.63, 3.8) is 0 Å². The fraction of sp³-hybridized carbons (Fsp3) is 0.333. The molecule has 0 aliphatic rings. The van der Waals surface area contributed by atoms with E-state index in [1.54, 1.807) is 0 Å². The number of hydrogen-bond acceptors (Lipinski definition) is 5. The van der Waals surface area contributed by atoms with Gasteiger partial charge in [0, 0.05) is 13.2 Å². The molecule has 7 nitrogen and oxygen atoms in total. The second-order valence-electron chi connectivity index (χ2n) is 3.56. The number of halogens is 1. The summed E-state index contributed by atoms with van der Waals surface area (Å²) in [5.41, 5.74) is 5.33. The normalized spacial score (nSPS) is 14.8. The number of aromatic nitrogens is 1. The van der Waals surface area contributed by atoms with E-state index >= 15 is 0 Å². The lowest BCUT2D eigenvalue weighted by Gasteiger charge is -2.22. The lowest BCUT2D eigenvalue weighted by Crippen LogP contribution is -2.43. The van der Waals surface area contributed by atoms with Crippen LogP contribution >= 0.6 is 0 Å². The molecule has 0 bridgehead atoms. The summed E-state index contributed by atoms with van der Waals surface area (Å²) in [5, 5.41) is 11.2. The van der Waals surface area contributed by atoms with Crippen LogP contribution in [0.1, 0.15) is 6.92 Å². The van der Waals surface area contributed by atoms with Gasteiger partial charge in [0.25, 0.3) is 0 Å². The average molecular weight is 276 g/mol. The Morgan fingerprint density at radius 2 is 2.22 bits per heavy atom. The van der Waals surface area contributed by atoms with Crippen LogP contribution in [-0.2, 0) is 10.0 Å². The van der Waals surface area contributed by atoms with E-state index in [0.717, 1.165) is 22.8 Å². The van der Waals surface area contributed by atoms with E-state index < -0.39 is 21.9 Å². The van der Waals surface area contributed by atoms with Gasteiger partial charge in [0.05, 0.1) is 12.2 Å². The number of hydrogen-bond donors (Lipinski definition) is 2. The third-order valence-corrected chi connectivity index (χ3v) is 4.34. The number of nitrogens with zero attached hydrogens (tertiary/aromatic N) is 3. The van der Waals surface area contributed by atoms with Gasteiger partial charge in [0.2, 0.25) is 10.0 Å². The van der Waals surface area contributed by atoms with Crippen molar-refractivity contribution in [3.05, 3.63) is 24.3 Å². The van der Waals surface area contributed by atoms with Crippen molar-refractivity contribution in [2.75, 3.05) is 7.05 Å². The van der Waals surface area contributed by atoms with E-state index in [2.05, 4.69) is 10.1 Å². The van der Waals surface area contributed by atoms with Crippen molar-refractivity contribution in [2.24, 2.45) is 10.9 Å². The van der Waals surface area contributed by atoms with Gasteiger partial charge >= 0.3 is 0 Å². The van der Waals surface area contributed by atoms with Gasteiger partial charge in [-0.25, -0.2) is 12.8 Å². The van der Waals surface area contributed by atoms with E-state index in [1.807, 2.05) is 0 Å². The molecule has 0 aliphatic heterocycles. The second kappa shape index (κ2) is 5.27. The maximum Gasteiger partial charge on any atom is 0.245 e. The third kappa shape index (κ3) is 2.74. The van der Waals surface area contributed by atoms with Crippen LogP contribution in [0.15, 0.2) is 28.5 Å². The first-order chi connectivity index (χ1) is 8.30. The molecule has 9 heteroatoms. The smallest absolute Gasteiger partial charge is 0.245 e. The predicted molar refractivity (Wildman–Crippen MR) is 62.0 cm³/mol. The molecule has 18 heavy (non-hydrogen) atoms. The van der Waals surface area contributed by atoms with Crippen molar-refractivity contribution in [1.82, 2.24) is 9.29 Å². The monoisotopic (exact) mass is 276 g/mol. The van der Waals surface area contributed by atoms with Gasteiger partial charge < -0.3 is 10.9 Å². The minimum Gasteiger partial charge on any atom is -0.409 e. The summed E-state index contributed by atoms with van der Waals surface area (Å²) < 4.78 is 38.0. The summed E-state index contributed by atoms with van der Waals surface area (Å²) in [7, 11) is -2.72. The van der Waals surface area contributed by atoms with E-state index in [0.29, 0.717) is 0 Å². The van der Waals surface area contributed by atoms with Gasteiger partial charge in [-0.2, -0.15) is 4.31 Å². The maximum absolute atomic E-state index is 13.0. The molecule has 0 saturated heterocycles. The van der Waals surface area contributed by atoms with Crippen molar-refractivity contribution < 1.29 is 18.0 Å². The fourth-order valence-corrected chi connectivity index (χ4v) is 2.49. The highest BCUT2D eigenvalue weighted by Gasteiger charge is 2.28. The average Bonchev–Trinajstić information content (AvgIpc) is 2.35. The summed E-state index contributed by atoms with van der Waals surface area (Å²) in [4.78, 5) is 3.16. The quantitative estimate of drug-likeness (QED) is 0.347. The van der Waals surface area contributed by atoms with Crippen LogP contribution in [0.4, 0.5) is 4.39 Å². The van der Waals surface area contributed by atoms with E-state index in [9.17, 15) is 12.8 Å². The Hall–Kier alpha value is -1.74. The summed E-state index contributed by atoms with van der Waals surface area (Å²) in [6.07, 6.45) is 1.92. The second-order valence-corrected chi connectivity index (χ2v) is 5.56. The number of sulfonamides is 1. The van der Waals surface area contributed by atoms with Crippen LogP contribution in [-0.4, -0.2) is 41.8 Å². The van der Waals surface area contributed by atoms with Crippen LogP contribution in [0.3, 0.4) is 0 Å². The van der Waals surface area contributed by atoms with Crippen molar-refractivity contribution in [3.8, 4) is 0 Å². The molecule has 0 amide bonds. The summed E-state index contributed by atoms with van der Waals surface area (Å²) in [6, 6.07) is -0.0269. The van der Waals surface area contributed by atoms with Crippen molar-refractivity contribution >= 4 is 15.9 Å². The Kier molecular flexibility index (Phi) is 4.19. The van der Waals surface area contributed by atoms with Crippen LogP contribution < -0.4 is 5.73 Å². The van der Waals surface area contributed by atoms with Gasteiger partial charge in [-0.1, -0.05) is 5.16 Å². The molecule has 0 saturated carbocycles. The molecule has 1 atom stereocenters. The molecule has 1 aromatic heterocycles. The van der Waals surface area contributed by atoms with E-state index in [1.165, 1.54) is 14.0 Å². The molecule has 3 N–H and O–H groups in total. The number of amidine groups is 1. The predicted octanol–water partition coefficient (Wildman–Crippen LogP) is -0.0239. The Morgan fingerprint density at radius 1 is 1.61 bits per heavy atom. The molecule has 1 aromatic rings. The molecule has 1 unspecified atom stereocenters. The molecule has 0 radical (unpaired) electrons. The number of oxime groups is 1. The molecule has 100 valence electrons. The van der Waals surface area contributed by atoms with Crippen molar-refractivity contribution in [2.45, 2.75) is 17.9 Å². The van der Waals surface area contributed by atoms with E-state index in [-0.39, 0.29) is 10.7 Å². The Morgan fingerprint density at radius 3 is 2.72 bits per heavy atom. The van der Waals surface area contributed by atoms with Gasteiger partial charge in [0.15, 0.2) is 5.84 Å². The summed E-state index contributed by atoms with van der Waals surface area (Å²) in [5.74, 6) is -1.04. The topological polar surface area (TPSA) is 109 Å². The van der Waals surface area contributed by atoms with Crippen molar-refractivity contribution in [1.29, 1.82) is 0 Å². The van der Waals surface area contributed by atoms with Crippen LogP contribution in [0.5, 0.6) is 0 Å². The molecular weight excluding hydrogens is 263 g/mol. The van der Waals surface area contributed by atoms with Crippen LogP contribution in [0.25, 0.3) is 0 Å². The number of pyridine rings is 1.